The van der Waals surface area contributed by atoms with Crippen LogP contribution >= 0.6 is 11.3 Å². The summed E-state index contributed by atoms with van der Waals surface area (Å²) in [6, 6.07) is 4.80. The SMILES string of the molecule is CCCOc1c[nH]c(Cn2c(-c3c(F)cccc3F)nc3sc(C)c(C)c3c2=O)cc1=O. The van der Waals surface area contributed by atoms with Crippen LogP contribution in [0.15, 0.2) is 40.1 Å². The second kappa shape index (κ2) is 8.66. The molecule has 9 heteroatoms. The molecule has 0 saturated carbocycles. The van der Waals surface area contributed by atoms with E-state index in [1.54, 1.807) is 0 Å². The molecule has 6 nitrogen and oxygen atoms in total. The highest BCUT2D eigenvalue weighted by Gasteiger charge is 2.22. The highest BCUT2D eigenvalue weighted by Crippen LogP contribution is 2.30. The average molecular weight is 458 g/mol. The minimum absolute atomic E-state index is 0.123. The molecule has 0 unspecified atom stereocenters. The smallest absolute Gasteiger partial charge is 0.263 e. The number of hydrogen-bond donors (Lipinski definition) is 1. The Hall–Kier alpha value is -3.33. The van der Waals surface area contributed by atoms with Crippen LogP contribution in [0, 0.1) is 25.5 Å². The van der Waals surface area contributed by atoms with Crippen molar-refractivity contribution in [1.82, 2.24) is 14.5 Å². The van der Waals surface area contributed by atoms with Crippen LogP contribution in [0.25, 0.3) is 21.6 Å². The predicted molar refractivity (Wildman–Crippen MR) is 121 cm³/mol. The Balaban J connectivity index is 1.92. The van der Waals surface area contributed by atoms with Crippen molar-refractivity contribution in [2.75, 3.05) is 6.61 Å². The van der Waals surface area contributed by atoms with Crippen molar-refractivity contribution in [1.29, 1.82) is 0 Å². The molecule has 0 bridgehead atoms. The maximum atomic E-state index is 14.6. The third-order valence-corrected chi connectivity index (χ3v) is 6.30. The van der Waals surface area contributed by atoms with E-state index in [4.69, 9.17) is 4.74 Å². The van der Waals surface area contributed by atoms with Gasteiger partial charge in [0.05, 0.1) is 24.1 Å². The summed E-state index contributed by atoms with van der Waals surface area (Å²) in [5.41, 5.74) is -0.0177. The summed E-state index contributed by atoms with van der Waals surface area (Å²) in [5, 5.41) is 0.401. The zero-order valence-corrected chi connectivity index (χ0v) is 18.6. The van der Waals surface area contributed by atoms with E-state index in [-0.39, 0.29) is 29.1 Å². The Kier molecular flexibility index (Phi) is 5.92. The third-order valence-electron chi connectivity index (χ3n) is 5.20. The van der Waals surface area contributed by atoms with Crippen molar-refractivity contribution in [3.63, 3.8) is 0 Å². The van der Waals surface area contributed by atoms with E-state index in [1.807, 2.05) is 20.8 Å². The van der Waals surface area contributed by atoms with E-state index in [2.05, 4.69) is 9.97 Å². The van der Waals surface area contributed by atoms with Gasteiger partial charge in [-0.1, -0.05) is 13.0 Å². The number of aryl methyl sites for hydroxylation is 2. The van der Waals surface area contributed by atoms with E-state index in [1.165, 1.54) is 34.2 Å². The largest absolute Gasteiger partial charge is 0.488 e. The van der Waals surface area contributed by atoms with E-state index in [9.17, 15) is 18.4 Å². The number of pyridine rings is 1. The van der Waals surface area contributed by atoms with Crippen molar-refractivity contribution in [2.45, 2.75) is 33.7 Å². The van der Waals surface area contributed by atoms with Crippen molar-refractivity contribution >= 4 is 21.6 Å². The fraction of sp³-hybridized carbons (Fsp3) is 0.261. The molecule has 4 rings (SSSR count). The first-order chi connectivity index (χ1) is 15.3. The third kappa shape index (κ3) is 3.84. The van der Waals surface area contributed by atoms with Crippen LogP contribution in [0.3, 0.4) is 0 Å². The molecule has 32 heavy (non-hydrogen) atoms. The highest BCUT2D eigenvalue weighted by molar-refractivity contribution is 7.18. The molecule has 0 aliphatic heterocycles. The normalized spacial score (nSPS) is 11.3. The summed E-state index contributed by atoms with van der Waals surface area (Å²) < 4.78 is 35.9. The average Bonchev–Trinajstić information content (AvgIpc) is 3.03. The lowest BCUT2D eigenvalue weighted by Gasteiger charge is -2.14. The quantitative estimate of drug-likeness (QED) is 0.461. The first-order valence-corrected chi connectivity index (χ1v) is 10.9. The van der Waals surface area contributed by atoms with Crippen molar-refractivity contribution in [3.8, 4) is 17.1 Å². The van der Waals surface area contributed by atoms with Gasteiger partial charge in [0.1, 0.15) is 16.5 Å². The lowest BCUT2D eigenvalue weighted by atomic mass is 10.1. The first kappa shape index (κ1) is 21.9. The minimum Gasteiger partial charge on any atom is -0.488 e. The number of nitrogens with one attached hydrogen (secondary N) is 1. The maximum Gasteiger partial charge on any atom is 0.263 e. The van der Waals surface area contributed by atoms with Gasteiger partial charge in [-0.3, -0.25) is 14.2 Å². The molecule has 1 N–H and O–H groups in total. The van der Waals surface area contributed by atoms with E-state index < -0.39 is 17.2 Å². The van der Waals surface area contributed by atoms with Gasteiger partial charge >= 0.3 is 0 Å². The van der Waals surface area contributed by atoms with Crippen LogP contribution in [0.2, 0.25) is 0 Å². The van der Waals surface area contributed by atoms with Gasteiger partial charge in [0.2, 0.25) is 5.43 Å². The van der Waals surface area contributed by atoms with Crippen LogP contribution in [-0.2, 0) is 6.54 Å². The number of benzene rings is 1. The molecule has 3 heterocycles. The van der Waals surface area contributed by atoms with Gasteiger partial charge in [0, 0.05) is 22.8 Å². The molecule has 0 radical (unpaired) electrons. The second-order valence-corrected chi connectivity index (χ2v) is 8.63. The number of aromatic amines is 1. The fourth-order valence-corrected chi connectivity index (χ4v) is 4.48. The molecule has 0 fully saturated rings. The monoisotopic (exact) mass is 457 g/mol. The summed E-state index contributed by atoms with van der Waals surface area (Å²) in [5.74, 6) is -1.62. The van der Waals surface area contributed by atoms with E-state index in [0.717, 1.165) is 29.0 Å². The van der Waals surface area contributed by atoms with Crippen LogP contribution in [-0.4, -0.2) is 21.1 Å². The number of halogens is 2. The molecule has 0 aliphatic carbocycles. The molecule has 1 aromatic carbocycles. The predicted octanol–water partition coefficient (Wildman–Crippen LogP) is 4.55. The zero-order valence-electron chi connectivity index (χ0n) is 17.8. The molecule has 0 aliphatic rings. The number of rotatable bonds is 6. The number of ether oxygens (including phenoxy) is 1. The number of aromatic nitrogens is 3. The maximum absolute atomic E-state index is 14.6. The molecule has 3 aromatic heterocycles. The van der Waals surface area contributed by atoms with Crippen LogP contribution in [0.1, 0.15) is 29.5 Å². The van der Waals surface area contributed by atoms with Gasteiger partial charge in [-0.25, -0.2) is 13.8 Å². The lowest BCUT2D eigenvalue weighted by Crippen LogP contribution is -2.25. The van der Waals surface area contributed by atoms with Gasteiger partial charge in [-0.15, -0.1) is 11.3 Å². The van der Waals surface area contributed by atoms with Crippen LogP contribution < -0.4 is 15.7 Å². The van der Waals surface area contributed by atoms with Gasteiger partial charge in [0.25, 0.3) is 5.56 Å². The van der Waals surface area contributed by atoms with Crippen LogP contribution in [0.4, 0.5) is 8.78 Å². The zero-order chi connectivity index (χ0) is 23.0. The fourth-order valence-electron chi connectivity index (χ4n) is 3.46. The summed E-state index contributed by atoms with van der Waals surface area (Å²) in [6.07, 6.45) is 2.17. The Morgan fingerprint density at radius 3 is 2.56 bits per heavy atom. The lowest BCUT2D eigenvalue weighted by molar-refractivity contribution is 0.313. The van der Waals surface area contributed by atoms with Gasteiger partial charge < -0.3 is 9.72 Å². The molecule has 0 amide bonds. The van der Waals surface area contributed by atoms with Crippen LogP contribution in [0.5, 0.6) is 5.75 Å². The topological polar surface area (TPSA) is 77.0 Å². The second-order valence-electron chi connectivity index (χ2n) is 7.42. The van der Waals surface area contributed by atoms with E-state index >= 15 is 0 Å². The van der Waals surface area contributed by atoms with Crippen molar-refractivity contribution in [3.05, 3.63) is 78.8 Å². The van der Waals surface area contributed by atoms with E-state index in [0.29, 0.717) is 22.5 Å². The Labute approximate surface area is 186 Å². The molecule has 4 aromatic rings. The molecule has 166 valence electrons. The number of thiophene rings is 1. The van der Waals surface area contributed by atoms with Gasteiger partial charge in [0.15, 0.2) is 11.6 Å². The summed E-state index contributed by atoms with van der Waals surface area (Å²) in [4.78, 5) is 34.6. The molecule has 0 spiro atoms. The van der Waals surface area contributed by atoms with Crippen molar-refractivity contribution < 1.29 is 13.5 Å². The number of fused-ring (bicyclic) bond motifs is 1. The number of nitrogens with zero attached hydrogens (tertiary/aromatic N) is 2. The number of H-pyrrole nitrogens is 1. The first-order valence-electron chi connectivity index (χ1n) is 10.1. The summed E-state index contributed by atoms with van der Waals surface area (Å²) in [6.45, 7) is 5.88. The molecular formula is C23H21F2N3O3S. The molecular weight excluding hydrogens is 436 g/mol. The summed E-state index contributed by atoms with van der Waals surface area (Å²) >= 11 is 1.30. The van der Waals surface area contributed by atoms with Gasteiger partial charge in [-0.05, 0) is 38.0 Å². The molecule has 0 atom stereocenters. The van der Waals surface area contributed by atoms with Crippen molar-refractivity contribution in [2.24, 2.45) is 0 Å². The Bertz CT molecular complexity index is 1420. The van der Waals surface area contributed by atoms with Gasteiger partial charge in [-0.2, -0.15) is 0 Å². The number of hydrogen-bond acceptors (Lipinski definition) is 5. The summed E-state index contributed by atoms with van der Waals surface area (Å²) in [7, 11) is 0. The Morgan fingerprint density at radius 2 is 1.91 bits per heavy atom. The Morgan fingerprint density at radius 1 is 1.19 bits per heavy atom. The molecule has 0 saturated heterocycles. The highest BCUT2D eigenvalue weighted by atomic mass is 32.1. The standard InChI is InChI=1S/C23H21F2N3O3S/c1-4-8-31-18-10-26-14(9-17(18)29)11-28-21(20-15(24)6-5-7-16(20)25)27-22-19(23(28)30)12(2)13(3)32-22/h5-7,9-10H,4,8,11H2,1-3H3,(H,26,29). The minimum atomic E-state index is -0.827.